The van der Waals surface area contributed by atoms with Crippen molar-refractivity contribution in [3.05, 3.63) is 46.2 Å². The number of thiazole rings is 1. The van der Waals surface area contributed by atoms with Crippen LogP contribution in [0, 0.1) is 6.92 Å². The molecule has 0 bridgehead atoms. The number of fused-ring (bicyclic) bond motifs is 1. The third kappa shape index (κ3) is 3.58. The summed E-state index contributed by atoms with van der Waals surface area (Å²) in [5.41, 5.74) is 1.21. The highest BCUT2D eigenvalue weighted by molar-refractivity contribution is 7.09. The molecule has 2 heterocycles. The smallest absolute Gasteiger partial charge is 0.369 e. The number of anilines is 1. The van der Waals surface area contributed by atoms with E-state index in [1.165, 1.54) is 11.3 Å². The van der Waals surface area contributed by atoms with Gasteiger partial charge in [0, 0.05) is 29.4 Å². The number of rotatable bonds is 4. The minimum Gasteiger partial charge on any atom is -0.369 e. The Hall–Kier alpha value is -2.22. The molecule has 0 saturated carbocycles. The fourth-order valence-electron chi connectivity index (χ4n) is 2.14. The monoisotopic (exact) mass is 338 g/mol. The number of hydrogen-bond donors (Lipinski definition) is 1. The van der Waals surface area contributed by atoms with Gasteiger partial charge in [0.15, 0.2) is 0 Å². The van der Waals surface area contributed by atoms with Crippen LogP contribution in [0.4, 0.5) is 19.0 Å². The summed E-state index contributed by atoms with van der Waals surface area (Å²) >= 11 is 1.53. The second-order valence-electron chi connectivity index (χ2n) is 4.97. The number of nitrogens with zero attached hydrogens (tertiary/aromatic N) is 3. The van der Waals surface area contributed by atoms with E-state index in [0.29, 0.717) is 18.4 Å². The lowest BCUT2D eigenvalue weighted by Crippen LogP contribution is -2.14. The van der Waals surface area contributed by atoms with Crippen LogP contribution in [0.1, 0.15) is 16.5 Å². The van der Waals surface area contributed by atoms with Crippen LogP contribution < -0.4 is 5.32 Å². The third-order valence-electron chi connectivity index (χ3n) is 3.15. The number of hydrogen-bond acceptors (Lipinski definition) is 5. The molecule has 0 fully saturated rings. The molecule has 4 nitrogen and oxygen atoms in total. The first-order chi connectivity index (χ1) is 10.9. The standard InChI is InChI=1S/C15H13F3N4S/c1-9-8-23-12(20-9)6-7-19-13-10-4-2-3-5-11(10)21-14(22-13)15(16,17)18/h2-5,8H,6-7H2,1H3,(H,19,21,22). The average Bonchev–Trinajstić information content (AvgIpc) is 2.91. The highest BCUT2D eigenvalue weighted by Crippen LogP contribution is 2.30. The fraction of sp³-hybridized carbons (Fsp3) is 0.267. The maximum Gasteiger partial charge on any atom is 0.451 e. The lowest BCUT2D eigenvalue weighted by molar-refractivity contribution is -0.144. The van der Waals surface area contributed by atoms with E-state index < -0.39 is 12.0 Å². The summed E-state index contributed by atoms with van der Waals surface area (Å²) < 4.78 is 38.8. The second-order valence-corrected chi connectivity index (χ2v) is 5.91. The summed E-state index contributed by atoms with van der Waals surface area (Å²) in [6, 6.07) is 6.64. The van der Waals surface area contributed by atoms with E-state index >= 15 is 0 Å². The van der Waals surface area contributed by atoms with Crippen LogP contribution in [0.15, 0.2) is 29.6 Å². The molecule has 0 aliphatic carbocycles. The summed E-state index contributed by atoms with van der Waals surface area (Å²) in [6.07, 6.45) is -3.95. The Morgan fingerprint density at radius 1 is 1.13 bits per heavy atom. The topological polar surface area (TPSA) is 50.7 Å². The fourth-order valence-corrected chi connectivity index (χ4v) is 2.92. The molecule has 0 amide bonds. The molecule has 1 aromatic carbocycles. The molecule has 0 aliphatic rings. The van der Waals surface area contributed by atoms with E-state index in [2.05, 4.69) is 20.3 Å². The van der Waals surface area contributed by atoms with Crippen LogP contribution in [0.3, 0.4) is 0 Å². The van der Waals surface area contributed by atoms with Gasteiger partial charge in [0.2, 0.25) is 5.82 Å². The second kappa shape index (κ2) is 6.11. The lowest BCUT2D eigenvalue weighted by atomic mass is 10.2. The van der Waals surface area contributed by atoms with Gasteiger partial charge < -0.3 is 5.32 Å². The van der Waals surface area contributed by atoms with Crippen LogP contribution in [-0.2, 0) is 12.6 Å². The molecule has 23 heavy (non-hydrogen) atoms. The number of nitrogens with one attached hydrogen (secondary N) is 1. The molecular formula is C15H13F3N4S. The van der Waals surface area contributed by atoms with E-state index in [0.717, 1.165) is 10.7 Å². The van der Waals surface area contributed by atoms with Gasteiger partial charge in [-0.1, -0.05) is 12.1 Å². The molecule has 0 saturated heterocycles. The lowest BCUT2D eigenvalue weighted by Gasteiger charge is -2.11. The van der Waals surface area contributed by atoms with Crippen LogP contribution in [-0.4, -0.2) is 21.5 Å². The quantitative estimate of drug-likeness (QED) is 0.779. The number of halogens is 3. The van der Waals surface area contributed by atoms with Crippen LogP contribution in [0.5, 0.6) is 0 Å². The molecule has 3 aromatic rings. The van der Waals surface area contributed by atoms with Gasteiger partial charge in [-0.05, 0) is 19.1 Å². The van der Waals surface area contributed by atoms with Crippen molar-refractivity contribution < 1.29 is 13.2 Å². The molecule has 2 aromatic heterocycles. The largest absolute Gasteiger partial charge is 0.451 e. The van der Waals surface area contributed by atoms with E-state index in [9.17, 15) is 13.2 Å². The first-order valence-corrected chi connectivity index (χ1v) is 7.80. The molecule has 0 spiro atoms. The average molecular weight is 338 g/mol. The van der Waals surface area contributed by atoms with Gasteiger partial charge in [-0.25, -0.2) is 15.0 Å². The van der Waals surface area contributed by atoms with Crippen molar-refractivity contribution in [2.45, 2.75) is 19.5 Å². The summed E-state index contributed by atoms with van der Waals surface area (Å²) in [5.74, 6) is -0.944. The molecule has 0 atom stereocenters. The van der Waals surface area contributed by atoms with Gasteiger partial charge in [0.25, 0.3) is 0 Å². The maximum atomic E-state index is 12.9. The van der Waals surface area contributed by atoms with Crippen molar-refractivity contribution in [3.63, 3.8) is 0 Å². The van der Waals surface area contributed by atoms with Crippen molar-refractivity contribution in [1.82, 2.24) is 15.0 Å². The number of aryl methyl sites for hydroxylation is 1. The van der Waals surface area contributed by atoms with Gasteiger partial charge in [-0.15, -0.1) is 11.3 Å². The van der Waals surface area contributed by atoms with E-state index in [-0.39, 0.29) is 11.3 Å². The number of alkyl halides is 3. The van der Waals surface area contributed by atoms with Gasteiger partial charge in [0.05, 0.1) is 10.5 Å². The molecule has 8 heteroatoms. The maximum absolute atomic E-state index is 12.9. The zero-order valence-electron chi connectivity index (χ0n) is 12.2. The number of aromatic nitrogens is 3. The Morgan fingerprint density at radius 3 is 2.61 bits per heavy atom. The highest BCUT2D eigenvalue weighted by Gasteiger charge is 2.35. The molecule has 120 valence electrons. The van der Waals surface area contributed by atoms with Crippen LogP contribution >= 0.6 is 11.3 Å². The van der Waals surface area contributed by atoms with Crippen molar-refractivity contribution in [2.75, 3.05) is 11.9 Å². The van der Waals surface area contributed by atoms with Gasteiger partial charge in [-0.3, -0.25) is 0 Å². The Bertz CT molecular complexity index is 829. The summed E-state index contributed by atoms with van der Waals surface area (Å²) in [6.45, 7) is 2.35. The molecule has 0 radical (unpaired) electrons. The summed E-state index contributed by atoms with van der Waals surface area (Å²) in [4.78, 5) is 11.6. The Balaban J connectivity index is 1.86. The number of para-hydroxylation sites is 1. The van der Waals surface area contributed by atoms with Gasteiger partial charge in [0.1, 0.15) is 5.82 Å². The summed E-state index contributed by atoms with van der Waals surface area (Å²) in [7, 11) is 0. The van der Waals surface area contributed by atoms with Crippen molar-refractivity contribution in [3.8, 4) is 0 Å². The van der Waals surface area contributed by atoms with Crippen LogP contribution in [0.25, 0.3) is 10.9 Å². The Labute approximate surface area is 134 Å². The molecule has 0 unspecified atom stereocenters. The van der Waals surface area contributed by atoms with E-state index in [1.54, 1.807) is 24.3 Å². The molecular weight excluding hydrogens is 325 g/mol. The predicted octanol–water partition coefficient (Wildman–Crippen LogP) is 4.07. The first-order valence-electron chi connectivity index (χ1n) is 6.92. The zero-order valence-corrected chi connectivity index (χ0v) is 13.0. The van der Waals surface area contributed by atoms with Crippen molar-refractivity contribution >= 4 is 28.1 Å². The third-order valence-corrected chi connectivity index (χ3v) is 4.18. The number of benzene rings is 1. The summed E-state index contributed by atoms with van der Waals surface area (Å²) in [5, 5.41) is 6.42. The minimum absolute atomic E-state index is 0.191. The zero-order chi connectivity index (χ0) is 16.4. The van der Waals surface area contributed by atoms with Crippen molar-refractivity contribution in [1.29, 1.82) is 0 Å². The minimum atomic E-state index is -4.58. The molecule has 3 rings (SSSR count). The Kier molecular flexibility index (Phi) is 4.16. The SMILES string of the molecule is Cc1csc(CCNc2nc(C(F)(F)F)nc3ccccc23)n1. The molecule has 0 aliphatic heterocycles. The Morgan fingerprint density at radius 2 is 1.91 bits per heavy atom. The van der Waals surface area contributed by atoms with Crippen molar-refractivity contribution in [2.24, 2.45) is 0 Å². The van der Waals surface area contributed by atoms with Gasteiger partial charge >= 0.3 is 6.18 Å². The first kappa shape index (κ1) is 15.7. The van der Waals surface area contributed by atoms with Crippen LogP contribution in [0.2, 0.25) is 0 Å². The van der Waals surface area contributed by atoms with Gasteiger partial charge in [-0.2, -0.15) is 13.2 Å². The van der Waals surface area contributed by atoms with E-state index in [4.69, 9.17) is 0 Å². The highest BCUT2D eigenvalue weighted by atomic mass is 32.1. The van der Waals surface area contributed by atoms with E-state index in [1.807, 2.05) is 12.3 Å². The molecule has 1 N–H and O–H groups in total. The normalized spacial score (nSPS) is 11.8. The predicted molar refractivity (Wildman–Crippen MR) is 83.6 cm³/mol.